The summed E-state index contributed by atoms with van der Waals surface area (Å²) in [6.07, 6.45) is 1.75. The van der Waals surface area contributed by atoms with Crippen LogP contribution in [0.5, 0.6) is 5.75 Å². The van der Waals surface area contributed by atoms with Crippen molar-refractivity contribution in [3.05, 3.63) is 106 Å². The van der Waals surface area contributed by atoms with Crippen molar-refractivity contribution in [1.82, 2.24) is 19.6 Å². The molecule has 5 aromatic rings. The molecule has 41 heavy (non-hydrogen) atoms. The maximum atomic E-state index is 13.6. The summed E-state index contributed by atoms with van der Waals surface area (Å²) in [7, 11) is 1.55. The van der Waals surface area contributed by atoms with Crippen molar-refractivity contribution in [1.29, 1.82) is 0 Å². The number of rotatable bonds is 7. The van der Waals surface area contributed by atoms with E-state index in [1.165, 1.54) is 28.0 Å². The van der Waals surface area contributed by atoms with E-state index in [9.17, 15) is 14.7 Å². The molecule has 0 spiro atoms. The van der Waals surface area contributed by atoms with Gasteiger partial charge in [-0.25, -0.2) is 4.98 Å². The Labute approximate surface area is 248 Å². The fraction of sp³-hybridized carbons (Fsp3) is 0.138. The first-order valence-electron chi connectivity index (χ1n) is 12.5. The van der Waals surface area contributed by atoms with E-state index >= 15 is 0 Å². The van der Waals surface area contributed by atoms with E-state index in [0.717, 1.165) is 5.56 Å². The zero-order valence-electron chi connectivity index (χ0n) is 21.8. The van der Waals surface area contributed by atoms with Crippen molar-refractivity contribution in [3.8, 4) is 5.75 Å². The summed E-state index contributed by atoms with van der Waals surface area (Å²) in [5, 5.41) is 21.1. The highest BCUT2D eigenvalue weighted by Crippen LogP contribution is 2.44. The molecule has 2 aromatic carbocycles. The molecule has 1 aliphatic rings. The number of benzene rings is 2. The molecule has 0 bridgehead atoms. The van der Waals surface area contributed by atoms with Crippen LogP contribution in [0.2, 0.25) is 5.02 Å². The molecule has 1 N–H and O–H groups in total. The number of anilines is 1. The van der Waals surface area contributed by atoms with Gasteiger partial charge in [0.1, 0.15) is 17.1 Å². The minimum atomic E-state index is -0.948. The fourth-order valence-corrected chi connectivity index (χ4v) is 6.69. The summed E-state index contributed by atoms with van der Waals surface area (Å²) < 4.78 is 7.63. The van der Waals surface area contributed by atoms with E-state index in [4.69, 9.17) is 16.3 Å². The number of fused-ring (bicyclic) bond motifs is 1. The number of halogens is 1. The fourth-order valence-electron chi connectivity index (χ4n) is 4.74. The molecule has 1 atom stereocenters. The second kappa shape index (κ2) is 11.0. The van der Waals surface area contributed by atoms with Crippen molar-refractivity contribution in [2.45, 2.75) is 23.1 Å². The second-order valence-corrected chi connectivity index (χ2v) is 11.8. The quantitative estimate of drug-likeness (QED) is 0.0784. The lowest BCUT2D eigenvalue weighted by atomic mass is 9.96. The molecular formula is C29H22ClN5O4S2. The number of carbonyl (C=O) groups excluding carboxylic acids is 2. The van der Waals surface area contributed by atoms with Gasteiger partial charge in [0.05, 0.1) is 24.4 Å². The molecular weight excluding hydrogens is 582 g/mol. The van der Waals surface area contributed by atoms with Gasteiger partial charge in [0.2, 0.25) is 5.13 Å². The number of aliphatic hydroxyl groups is 1. The third-order valence-electron chi connectivity index (χ3n) is 6.68. The molecule has 0 aliphatic carbocycles. The summed E-state index contributed by atoms with van der Waals surface area (Å²) in [5.74, 6) is -0.701. The van der Waals surface area contributed by atoms with Gasteiger partial charge in [-0.1, -0.05) is 65.0 Å². The molecule has 1 amide bonds. The number of pyridine rings is 1. The average molecular weight is 604 g/mol. The first kappa shape index (κ1) is 27.0. The van der Waals surface area contributed by atoms with E-state index in [1.54, 1.807) is 61.0 Å². The minimum absolute atomic E-state index is 0.0560. The number of Topliss-reactive ketones (excluding diaryl/α,β-unsaturated/α-hetero) is 1. The molecule has 12 heteroatoms. The van der Waals surface area contributed by atoms with E-state index in [0.29, 0.717) is 43.5 Å². The minimum Gasteiger partial charge on any atom is -0.505 e. The highest BCUT2D eigenvalue weighted by Gasteiger charge is 2.48. The molecule has 1 unspecified atom stereocenters. The molecule has 0 saturated carbocycles. The van der Waals surface area contributed by atoms with Crippen LogP contribution in [0.1, 0.15) is 28.6 Å². The van der Waals surface area contributed by atoms with Crippen LogP contribution in [-0.4, -0.2) is 43.5 Å². The molecule has 1 fully saturated rings. The number of aryl methyl sites for hydroxylation is 1. The lowest BCUT2D eigenvalue weighted by Crippen LogP contribution is -2.29. The van der Waals surface area contributed by atoms with Gasteiger partial charge in [0.15, 0.2) is 10.1 Å². The number of nitrogens with zero attached hydrogens (tertiary/aromatic N) is 5. The molecule has 1 aliphatic heterocycles. The molecule has 4 heterocycles. The van der Waals surface area contributed by atoms with E-state index in [1.807, 2.05) is 30.3 Å². The second-order valence-electron chi connectivity index (χ2n) is 9.18. The highest BCUT2D eigenvalue weighted by molar-refractivity contribution is 8.00. The Bertz CT molecular complexity index is 1820. The maximum absolute atomic E-state index is 13.6. The lowest BCUT2D eigenvalue weighted by molar-refractivity contribution is -0.132. The number of amides is 1. The lowest BCUT2D eigenvalue weighted by Gasteiger charge is -2.22. The number of hydrogen-bond donors (Lipinski definition) is 1. The van der Waals surface area contributed by atoms with E-state index in [-0.39, 0.29) is 16.5 Å². The van der Waals surface area contributed by atoms with Crippen molar-refractivity contribution >= 4 is 62.9 Å². The van der Waals surface area contributed by atoms with Gasteiger partial charge in [-0.15, -0.1) is 10.2 Å². The maximum Gasteiger partial charge on any atom is 0.301 e. The van der Waals surface area contributed by atoms with Crippen LogP contribution in [0.3, 0.4) is 0 Å². The van der Waals surface area contributed by atoms with Gasteiger partial charge in [-0.3, -0.25) is 18.9 Å². The topological polar surface area (TPSA) is 110 Å². The Hall–Kier alpha value is -4.19. The Morgan fingerprint density at radius 1 is 1.07 bits per heavy atom. The summed E-state index contributed by atoms with van der Waals surface area (Å²) in [4.78, 5) is 33.0. The molecule has 9 nitrogen and oxygen atoms in total. The Balaban J connectivity index is 1.43. The molecule has 0 radical (unpaired) electrons. The highest BCUT2D eigenvalue weighted by atomic mass is 35.5. The van der Waals surface area contributed by atoms with Crippen molar-refractivity contribution < 1.29 is 19.4 Å². The average Bonchev–Trinajstić information content (AvgIpc) is 3.66. The number of ketones is 1. The van der Waals surface area contributed by atoms with Gasteiger partial charge in [-0.2, -0.15) is 0 Å². The third kappa shape index (κ3) is 4.96. The van der Waals surface area contributed by atoms with Crippen molar-refractivity contribution in [2.24, 2.45) is 0 Å². The van der Waals surface area contributed by atoms with E-state index in [2.05, 4.69) is 15.2 Å². The Kier molecular flexibility index (Phi) is 7.24. The van der Waals surface area contributed by atoms with Gasteiger partial charge in [0, 0.05) is 17.0 Å². The number of ether oxygens (including phenoxy) is 1. The predicted octanol–water partition coefficient (Wildman–Crippen LogP) is 6.07. The predicted molar refractivity (Wildman–Crippen MR) is 159 cm³/mol. The number of hydrogen-bond acceptors (Lipinski definition) is 9. The van der Waals surface area contributed by atoms with Crippen LogP contribution in [0.25, 0.3) is 11.4 Å². The van der Waals surface area contributed by atoms with Gasteiger partial charge < -0.3 is 9.84 Å². The molecule has 206 valence electrons. The zero-order valence-corrected chi connectivity index (χ0v) is 24.2. The van der Waals surface area contributed by atoms with Gasteiger partial charge in [0.25, 0.3) is 5.78 Å². The van der Waals surface area contributed by atoms with Crippen molar-refractivity contribution in [2.75, 3.05) is 12.0 Å². The summed E-state index contributed by atoms with van der Waals surface area (Å²) in [5.41, 5.74) is 3.06. The number of thioether (sulfide) groups is 1. The standard InChI is InChI=1S/C29H22ClN5O4S2/c1-16-23(34-14-4-3-5-21(34)31-16)25(36)22-24(18-8-12-20(39-2)13-9-18)35(27(38)26(22)37)28-32-33-29(41-28)40-15-17-6-10-19(30)11-7-17/h3-14,24,36H,15H2,1-2H3. The van der Waals surface area contributed by atoms with Crippen LogP contribution < -0.4 is 9.64 Å². The van der Waals surface area contributed by atoms with Gasteiger partial charge in [-0.05, 0) is 54.4 Å². The third-order valence-corrected chi connectivity index (χ3v) is 9.06. The first-order chi connectivity index (χ1) is 19.9. The first-order valence-corrected chi connectivity index (χ1v) is 14.6. The van der Waals surface area contributed by atoms with Crippen LogP contribution in [-0.2, 0) is 15.3 Å². The van der Waals surface area contributed by atoms with Crippen LogP contribution in [0.15, 0.2) is 82.8 Å². The summed E-state index contributed by atoms with van der Waals surface area (Å²) >= 11 is 8.65. The summed E-state index contributed by atoms with van der Waals surface area (Å²) in [6.45, 7) is 1.75. The Morgan fingerprint density at radius 2 is 1.83 bits per heavy atom. The summed E-state index contributed by atoms with van der Waals surface area (Å²) in [6, 6.07) is 19.0. The molecule has 1 saturated heterocycles. The smallest absolute Gasteiger partial charge is 0.301 e. The number of imidazole rings is 1. The van der Waals surface area contributed by atoms with Gasteiger partial charge >= 0.3 is 5.91 Å². The number of methoxy groups -OCH3 is 1. The number of aromatic nitrogens is 4. The van der Waals surface area contributed by atoms with E-state index < -0.39 is 17.7 Å². The number of aliphatic hydroxyl groups excluding tert-OH is 1. The largest absolute Gasteiger partial charge is 0.505 e. The van der Waals surface area contributed by atoms with Crippen LogP contribution >= 0.6 is 34.7 Å². The van der Waals surface area contributed by atoms with Crippen molar-refractivity contribution in [3.63, 3.8) is 0 Å². The SMILES string of the molecule is COc1ccc(C2C(=C(O)c3c(C)nc4ccccn34)C(=O)C(=O)N2c2nnc(SCc3ccc(Cl)cc3)s2)cc1. The Morgan fingerprint density at radius 3 is 2.56 bits per heavy atom. The molecule has 6 rings (SSSR count). The van der Waals surface area contributed by atoms with Crippen LogP contribution in [0.4, 0.5) is 5.13 Å². The van der Waals surface area contributed by atoms with Crippen LogP contribution in [0, 0.1) is 6.92 Å². The monoisotopic (exact) mass is 603 g/mol. The number of carbonyl (C=O) groups is 2. The normalized spacial score (nSPS) is 16.6. The zero-order chi connectivity index (χ0) is 28.7. The molecule has 3 aromatic heterocycles.